The summed E-state index contributed by atoms with van der Waals surface area (Å²) in [4.78, 5) is 13.5. The standard InChI is InChI=1S/C19H17N5OS2/c1-12(27-19-23-22-17(24(19)20)16-7-4-10-26-16)18(25)21-15-9-8-13-5-2-3-6-14(13)11-15/h2-12H,20H2,1H3,(H,21,25)/t12-/m0/s1. The van der Waals surface area contributed by atoms with Gasteiger partial charge in [-0.25, -0.2) is 4.68 Å². The summed E-state index contributed by atoms with van der Waals surface area (Å²) in [5, 5.41) is 15.5. The molecule has 1 atom stereocenters. The number of thiophene rings is 1. The van der Waals surface area contributed by atoms with E-state index < -0.39 is 0 Å². The van der Waals surface area contributed by atoms with Gasteiger partial charge >= 0.3 is 0 Å². The van der Waals surface area contributed by atoms with Crippen LogP contribution in [0.5, 0.6) is 0 Å². The summed E-state index contributed by atoms with van der Waals surface area (Å²) < 4.78 is 1.43. The molecule has 0 aliphatic carbocycles. The van der Waals surface area contributed by atoms with Crippen molar-refractivity contribution < 1.29 is 4.79 Å². The summed E-state index contributed by atoms with van der Waals surface area (Å²) in [7, 11) is 0. The fourth-order valence-corrected chi connectivity index (χ4v) is 4.13. The number of nitrogens with one attached hydrogen (secondary N) is 1. The Balaban J connectivity index is 1.46. The van der Waals surface area contributed by atoms with Gasteiger partial charge in [0.2, 0.25) is 11.1 Å². The van der Waals surface area contributed by atoms with Gasteiger partial charge in [0, 0.05) is 5.69 Å². The first-order valence-corrected chi connectivity index (χ1v) is 10.1. The van der Waals surface area contributed by atoms with Crippen molar-refractivity contribution in [1.29, 1.82) is 0 Å². The van der Waals surface area contributed by atoms with Crippen LogP contribution < -0.4 is 11.2 Å². The molecule has 4 aromatic rings. The lowest BCUT2D eigenvalue weighted by atomic mass is 10.1. The first-order valence-electron chi connectivity index (χ1n) is 8.32. The van der Waals surface area contributed by atoms with E-state index in [0.29, 0.717) is 11.0 Å². The Morgan fingerprint density at radius 2 is 1.96 bits per heavy atom. The number of thioether (sulfide) groups is 1. The molecular formula is C19H17N5OS2. The highest BCUT2D eigenvalue weighted by atomic mass is 32.2. The van der Waals surface area contributed by atoms with Gasteiger partial charge in [-0.2, -0.15) is 0 Å². The van der Waals surface area contributed by atoms with Gasteiger partial charge in [0.05, 0.1) is 10.1 Å². The lowest BCUT2D eigenvalue weighted by Gasteiger charge is -2.12. The Bertz CT molecular complexity index is 1090. The van der Waals surface area contributed by atoms with Crippen molar-refractivity contribution in [3.8, 4) is 10.7 Å². The molecule has 4 rings (SSSR count). The summed E-state index contributed by atoms with van der Waals surface area (Å²) in [6.45, 7) is 1.82. The zero-order chi connectivity index (χ0) is 18.8. The Hall–Kier alpha value is -2.84. The Labute approximate surface area is 164 Å². The van der Waals surface area contributed by atoms with Gasteiger partial charge in [-0.3, -0.25) is 4.79 Å². The van der Waals surface area contributed by atoms with Crippen LogP contribution in [0.25, 0.3) is 21.5 Å². The van der Waals surface area contributed by atoms with E-state index in [2.05, 4.69) is 15.5 Å². The van der Waals surface area contributed by atoms with E-state index in [0.717, 1.165) is 21.3 Å². The number of carbonyl (C=O) groups excluding carboxylic acids is 1. The van der Waals surface area contributed by atoms with Crippen molar-refractivity contribution in [1.82, 2.24) is 14.9 Å². The zero-order valence-electron chi connectivity index (χ0n) is 14.5. The molecule has 0 radical (unpaired) electrons. The fourth-order valence-electron chi connectivity index (χ4n) is 2.65. The first-order chi connectivity index (χ1) is 13.1. The molecule has 2 aromatic carbocycles. The van der Waals surface area contributed by atoms with E-state index in [1.165, 1.54) is 27.8 Å². The van der Waals surface area contributed by atoms with Crippen LogP contribution in [0.15, 0.2) is 65.1 Å². The highest BCUT2D eigenvalue weighted by Crippen LogP contribution is 2.28. The second-order valence-corrected chi connectivity index (χ2v) is 8.22. The molecule has 0 spiro atoms. The average molecular weight is 396 g/mol. The SMILES string of the molecule is C[C@H](Sc1nnc(-c2cccs2)n1N)C(=O)Nc1ccc2ccccc2c1. The fraction of sp³-hybridized carbons (Fsp3) is 0.105. The number of hydrogen-bond donors (Lipinski definition) is 2. The Morgan fingerprint density at radius 3 is 2.74 bits per heavy atom. The van der Waals surface area contributed by atoms with Gasteiger partial charge in [-0.1, -0.05) is 48.2 Å². The third-order valence-corrected chi connectivity index (χ3v) is 6.00. The minimum Gasteiger partial charge on any atom is -0.335 e. The van der Waals surface area contributed by atoms with Crippen molar-refractivity contribution in [3.05, 3.63) is 60.0 Å². The molecule has 0 aliphatic heterocycles. The average Bonchev–Trinajstić information content (AvgIpc) is 3.32. The predicted octanol–water partition coefficient (Wildman–Crippen LogP) is 3.99. The van der Waals surface area contributed by atoms with Gasteiger partial charge in [0.25, 0.3) is 0 Å². The number of aromatic nitrogens is 3. The number of nitrogen functional groups attached to an aromatic ring is 1. The molecule has 2 aromatic heterocycles. The molecule has 0 bridgehead atoms. The monoisotopic (exact) mass is 395 g/mol. The molecule has 6 nitrogen and oxygen atoms in total. The third-order valence-electron chi connectivity index (χ3n) is 4.07. The van der Waals surface area contributed by atoms with E-state index in [1.54, 1.807) is 0 Å². The third kappa shape index (κ3) is 3.67. The molecule has 0 unspecified atom stereocenters. The highest BCUT2D eigenvalue weighted by Gasteiger charge is 2.20. The molecule has 8 heteroatoms. The minimum atomic E-state index is -0.376. The molecule has 0 saturated carbocycles. The van der Waals surface area contributed by atoms with Crippen LogP contribution in [0.3, 0.4) is 0 Å². The van der Waals surface area contributed by atoms with Crippen LogP contribution in [-0.4, -0.2) is 26.0 Å². The van der Waals surface area contributed by atoms with Crippen LogP contribution >= 0.6 is 23.1 Å². The topological polar surface area (TPSA) is 85.8 Å². The zero-order valence-corrected chi connectivity index (χ0v) is 16.1. The number of nitrogens with two attached hydrogens (primary N) is 1. The normalized spacial score (nSPS) is 12.2. The highest BCUT2D eigenvalue weighted by molar-refractivity contribution is 8.00. The Morgan fingerprint density at radius 1 is 1.15 bits per heavy atom. The largest absolute Gasteiger partial charge is 0.335 e. The maximum Gasteiger partial charge on any atom is 0.237 e. The van der Waals surface area contributed by atoms with Crippen molar-refractivity contribution in [2.75, 3.05) is 11.2 Å². The van der Waals surface area contributed by atoms with Gasteiger partial charge in [0.1, 0.15) is 0 Å². The molecular weight excluding hydrogens is 378 g/mol. The molecule has 3 N–H and O–H groups in total. The molecule has 0 aliphatic rings. The van der Waals surface area contributed by atoms with E-state index in [1.807, 2.05) is 66.9 Å². The predicted molar refractivity (Wildman–Crippen MR) is 111 cm³/mol. The number of hydrogen-bond acceptors (Lipinski definition) is 6. The van der Waals surface area contributed by atoms with Crippen LogP contribution in [0.4, 0.5) is 5.69 Å². The second kappa shape index (κ2) is 7.42. The number of fused-ring (bicyclic) bond motifs is 1. The maximum atomic E-state index is 12.6. The lowest BCUT2D eigenvalue weighted by Crippen LogP contribution is -2.23. The molecule has 136 valence electrons. The van der Waals surface area contributed by atoms with Crippen LogP contribution in [-0.2, 0) is 4.79 Å². The van der Waals surface area contributed by atoms with Crippen molar-refractivity contribution in [2.45, 2.75) is 17.3 Å². The maximum absolute atomic E-state index is 12.6. The summed E-state index contributed by atoms with van der Waals surface area (Å²) >= 11 is 2.82. The number of anilines is 1. The lowest BCUT2D eigenvalue weighted by molar-refractivity contribution is -0.115. The van der Waals surface area contributed by atoms with E-state index >= 15 is 0 Å². The van der Waals surface area contributed by atoms with Gasteiger partial charge in [-0.05, 0) is 41.3 Å². The second-order valence-electron chi connectivity index (χ2n) is 5.96. The van der Waals surface area contributed by atoms with Gasteiger partial charge < -0.3 is 11.2 Å². The molecule has 0 saturated heterocycles. The van der Waals surface area contributed by atoms with Gasteiger partial charge in [-0.15, -0.1) is 21.5 Å². The summed E-state index contributed by atoms with van der Waals surface area (Å²) in [6, 6.07) is 17.8. The smallest absolute Gasteiger partial charge is 0.237 e. The van der Waals surface area contributed by atoms with Gasteiger partial charge in [0.15, 0.2) is 5.82 Å². The summed E-state index contributed by atoms with van der Waals surface area (Å²) in [5.74, 6) is 6.58. The molecule has 27 heavy (non-hydrogen) atoms. The molecule has 2 heterocycles. The quantitative estimate of drug-likeness (QED) is 0.394. The van der Waals surface area contributed by atoms with Crippen molar-refractivity contribution in [3.63, 3.8) is 0 Å². The van der Waals surface area contributed by atoms with Crippen LogP contribution in [0, 0.1) is 0 Å². The van der Waals surface area contributed by atoms with Crippen molar-refractivity contribution >= 4 is 45.5 Å². The number of carbonyl (C=O) groups is 1. The van der Waals surface area contributed by atoms with E-state index in [4.69, 9.17) is 5.84 Å². The number of rotatable bonds is 5. The van der Waals surface area contributed by atoms with E-state index in [9.17, 15) is 4.79 Å². The minimum absolute atomic E-state index is 0.115. The first kappa shape index (κ1) is 17.6. The molecule has 1 amide bonds. The summed E-state index contributed by atoms with van der Waals surface area (Å²) in [5.41, 5.74) is 0.764. The van der Waals surface area contributed by atoms with Crippen molar-refractivity contribution in [2.24, 2.45) is 0 Å². The number of benzene rings is 2. The van der Waals surface area contributed by atoms with Crippen LogP contribution in [0.2, 0.25) is 0 Å². The number of nitrogens with zero attached hydrogens (tertiary/aromatic N) is 3. The number of amides is 1. The van der Waals surface area contributed by atoms with E-state index in [-0.39, 0.29) is 11.2 Å². The summed E-state index contributed by atoms with van der Waals surface area (Å²) in [6.07, 6.45) is 0. The Kier molecular flexibility index (Phi) is 4.83. The molecule has 0 fully saturated rings. The van der Waals surface area contributed by atoms with Crippen LogP contribution in [0.1, 0.15) is 6.92 Å².